The summed E-state index contributed by atoms with van der Waals surface area (Å²) in [7, 11) is -3.49. The summed E-state index contributed by atoms with van der Waals surface area (Å²) in [4.78, 5) is 0.0652. The molecule has 1 N–H and O–H groups in total. The zero-order valence-corrected chi connectivity index (χ0v) is 20.8. The normalized spacial score (nSPS) is 13.1. The van der Waals surface area contributed by atoms with Crippen LogP contribution in [0.15, 0.2) is 83.8 Å². The minimum Gasteiger partial charge on any atom is -0.368 e. The summed E-state index contributed by atoms with van der Waals surface area (Å²) in [5, 5.41) is 13.5. The molecule has 0 fully saturated rings. The van der Waals surface area contributed by atoms with Crippen LogP contribution in [0.5, 0.6) is 0 Å². The average Bonchev–Trinajstić information content (AvgIpc) is 3.27. The molecule has 0 bridgehead atoms. The summed E-state index contributed by atoms with van der Waals surface area (Å²) < 4.78 is 106. The van der Waals surface area contributed by atoms with Gasteiger partial charge < -0.3 is 5.11 Å². The van der Waals surface area contributed by atoms with E-state index >= 15 is 0 Å². The molecule has 5 nitrogen and oxygen atoms in total. The van der Waals surface area contributed by atoms with Gasteiger partial charge in [0.25, 0.3) is 0 Å². The number of rotatable bonds is 5. The Labute approximate surface area is 217 Å². The number of alkyl halides is 6. The third-order valence-corrected chi connectivity index (χ3v) is 7.20. The lowest BCUT2D eigenvalue weighted by molar-refractivity contribution is -0.377. The van der Waals surface area contributed by atoms with Crippen LogP contribution in [0, 0.1) is 0 Å². The smallest absolute Gasteiger partial charge is 0.368 e. The van der Waals surface area contributed by atoms with Crippen molar-refractivity contribution in [2.24, 2.45) is 0 Å². The summed E-state index contributed by atoms with van der Waals surface area (Å²) in [5.41, 5.74) is -6.00. The first kappa shape index (κ1) is 27.7. The highest BCUT2D eigenvalue weighted by atomic mass is 35.5. The molecular weight excluding hydrogens is 558 g/mol. The van der Waals surface area contributed by atoms with Gasteiger partial charge in [0.15, 0.2) is 9.84 Å². The lowest BCUT2D eigenvalue weighted by atomic mass is 9.97. The standard InChI is InChI=1S/C25H17ClF6N2O3S/c1-38(36,37)18-6-4-5-16(13-18)15-9-11-17(12-10-15)34-21(19-7-2-3-8-20(19)26)14-22(33-34)23(35,24(27,28)29)25(30,31)32/h2-14,35H,1H3. The molecule has 0 aliphatic carbocycles. The minimum absolute atomic E-state index is 0.0250. The Bertz CT molecular complexity index is 1580. The molecule has 0 aliphatic heterocycles. The van der Waals surface area contributed by atoms with Gasteiger partial charge >= 0.3 is 18.0 Å². The van der Waals surface area contributed by atoms with Crippen LogP contribution in [0.2, 0.25) is 5.02 Å². The minimum atomic E-state index is -6.13. The molecule has 0 amide bonds. The van der Waals surface area contributed by atoms with Gasteiger partial charge in [-0.2, -0.15) is 31.4 Å². The molecule has 0 saturated carbocycles. The van der Waals surface area contributed by atoms with Gasteiger partial charge in [0.05, 0.1) is 16.3 Å². The van der Waals surface area contributed by atoms with Gasteiger partial charge in [0.1, 0.15) is 5.69 Å². The van der Waals surface area contributed by atoms with Gasteiger partial charge in [0.2, 0.25) is 0 Å². The Kier molecular flexibility index (Phi) is 6.87. The van der Waals surface area contributed by atoms with Gasteiger partial charge in [-0.25, -0.2) is 13.1 Å². The van der Waals surface area contributed by atoms with Crippen molar-refractivity contribution in [2.75, 3.05) is 6.26 Å². The van der Waals surface area contributed by atoms with Crippen LogP contribution in [-0.2, 0) is 15.4 Å². The molecule has 4 aromatic rings. The van der Waals surface area contributed by atoms with E-state index in [1.165, 1.54) is 66.7 Å². The molecule has 0 radical (unpaired) electrons. The Morgan fingerprint density at radius 3 is 1.97 bits per heavy atom. The Morgan fingerprint density at radius 2 is 1.42 bits per heavy atom. The number of benzene rings is 3. The fraction of sp³-hybridized carbons (Fsp3) is 0.160. The number of hydrogen-bond donors (Lipinski definition) is 1. The van der Waals surface area contributed by atoms with Crippen molar-refractivity contribution in [1.82, 2.24) is 9.78 Å². The van der Waals surface area contributed by atoms with Gasteiger partial charge in [-0.3, -0.25) is 0 Å². The number of aliphatic hydroxyl groups is 1. The largest absolute Gasteiger partial charge is 0.432 e. The van der Waals surface area contributed by atoms with E-state index in [2.05, 4.69) is 5.10 Å². The van der Waals surface area contributed by atoms with Crippen molar-refractivity contribution in [3.8, 4) is 28.1 Å². The van der Waals surface area contributed by atoms with Crippen molar-refractivity contribution in [1.29, 1.82) is 0 Å². The second kappa shape index (κ2) is 9.44. The molecule has 3 aromatic carbocycles. The number of nitrogens with zero attached hydrogens (tertiary/aromatic N) is 2. The van der Waals surface area contributed by atoms with Crippen LogP contribution in [0.25, 0.3) is 28.1 Å². The van der Waals surface area contributed by atoms with Crippen LogP contribution in [-0.4, -0.2) is 41.9 Å². The van der Waals surface area contributed by atoms with Gasteiger partial charge in [0, 0.05) is 16.8 Å². The summed E-state index contributed by atoms with van der Waals surface area (Å²) in [5.74, 6) is 0. The SMILES string of the molecule is CS(=O)(=O)c1cccc(-c2ccc(-n3nc(C(O)(C(F)(F)F)C(F)(F)F)cc3-c3ccccc3Cl)cc2)c1. The predicted octanol–water partition coefficient (Wildman–Crippen LogP) is 6.58. The molecule has 1 heterocycles. The van der Waals surface area contributed by atoms with Crippen molar-refractivity contribution in [2.45, 2.75) is 22.8 Å². The van der Waals surface area contributed by atoms with E-state index in [0.29, 0.717) is 17.2 Å². The monoisotopic (exact) mass is 574 g/mol. The Balaban J connectivity index is 1.89. The van der Waals surface area contributed by atoms with Gasteiger partial charge in [-0.15, -0.1) is 0 Å². The molecular formula is C25H17ClF6N2O3S. The van der Waals surface area contributed by atoms with E-state index in [0.717, 1.165) is 10.9 Å². The van der Waals surface area contributed by atoms with Crippen molar-refractivity contribution in [3.63, 3.8) is 0 Å². The quantitative estimate of drug-likeness (QED) is 0.274. The third-order valence-electron chi connectivity index (χ3n) is 5.76. The molecule has 200 valence electrons. The summed E-state index contributed by atoms with van der Waals surface area (Å²) in [6.07, 6.45) is -11.2. The van der Waals surface area contributed by atoms with Crippen molar-refractivity contribution < 1.29 is 39.9 Å². The Morgan fingerprint density at radius 1 is 0.816 bits per heavy atom. The predicted molar refractivity (Wildman–Crippen MR) is 129 cm³/mol. The fourth-order valence-electron chi connectivity index (χ4n) is 3.77. The van der Waals surface area contributed by atoms with E-state index in [9.17, 15) is 39.9 Å². The van der Waals surface area contributed by atoms with Crippen LogP contribution >= 0.6 is 11.6 Å². The number of aromatic nitrogens is 2. The van der Waals surface area contributed by atoms with E-state index in [1.54, 1.807) is 6.07 Å². The molecule has 0 spiro atoms. The highest BCUT2D eigenvalue weighted by Gasteiger charge is 2.73. The second-order valence-electron chi connectivity index (χ2n) is 8.36. The van der Waals surface area contributed by atoms with E-state index < -0.39 is 33.5 Å². The molecule has 38 heavy (non-hydrogen) atoms. The lowest BCUT2D eigenvalue weighted by Gasteiger charge is -2.30. The number of hydrogen-bond acceptors (Lipinski definition) is 4. The van der Waals surface area contributed by atoms with Crippen LogP contribution in [0.4, 0.5) is 26.3 Å². The molecule has 13 heteroatoms. The molecule has 0 atom stereocenters. The lowest BCUT2D eigenvalue weighted by Crippen LogP contribution is -2.54. The van der Waals surface area contributed by atoms with Gasteiger partial charge in [-0.05, 0) is 47.5 Å². The average molecular weight is 575 g/mol. The highest BCUT2D eigenvalue weighted by Crippen LogP contribution is 2.50. The molecule has 4 rings (SSSR count). The second-order valence-corrected chi connectivity index (χ2v) is 10.8. The van der Waals surface area contributed by atoms with E-state index in [1.807, 2.05) is 0 Å². The fourth-order valence-corrected chi connectivity index (χ4v) is 4.67. The summed E-state index contributed by atoms with van der Waals surface area (Å²) in [6, 6.07) is 18.0. The zero-order chi connectivity index (χ0) is 28.1. The van der Waals surface area contributed by atoms with Crippen molar-refractivity contribution >= 4 is 21.4 Å². The highest BCUT2D eigenvalue weighted by molar-refractivity contribution is 7.90. The van der Waals surface area contributed by atoms with E-state index in [4.69, 9.17) is 11.6 Å². The topological polar surface area (TPSA) is 72.2 Å². The van der Waals surface area contributed by atoms with Gasteiger partial charge in [-0.1, -0.05) is 54.1 Å². The number of halogens is 7. The first-order valence-electron chi connectivity index (χ1n) is 10.7. The first-order valence-corrected chi connectivity index (χ1v) is 12.9. The molecule has 0 saturated heterocycles. The summed E-state index contributed by atoms with van der Waals surface area (Å²) >= 11 is 6.18. The third kappa shape index (κ3) is 4.91. The molecule has 0 aliphatic rings. The van der Waals surface area contributed by atoms with Crippen LogP contribution in [0.1, 0.15) is 5.69 Å². The molecule has 1 aromatic heterocycles. The van der Waals surface area contributed by atoms with Crippen molar-refractivity contribution in [3.05, 3.63) is 89.6 Å². The van der Waals surface area contributed by atoms with Crippen LogP contribution in [0.3, 0.4) is 0 Å². The first-order chi connectivity index (χ1) is 17.5. The number of sulfone groups is 1. The molecule has 0 unspecified atom stereocenters. The Hall–Kier alpha value is -3.35. The maximum Gasteiger partial charge on any atom is 0.432 e. The van der Waals surface area contributed by atoms with Crippen LogP contribution < -0.4 is 0 Å². The summed E-state index contributed by atoms with van der Waals surface area (Å²) in [6.45, 7) is 0. The maximum absolute atomic E-state index is 13.6. The maximum atomic E-state index is 13.6. The van der Waals surface area contributed by atoms with E-state index in [-0.39, 0.29) is 26.9 Å². The zero-order valence-electron chi connectivity index (χ0n) is 19.2.